The van der Waals surface area contributed by atoms with Crippen LogP contribution in [0.4, 0.5) is 0 Å². The molecular weight excluding hydrogens is 394 g/mol. The summed E-state index contributed by atoms with van der Waals surface area (Å²) in [7, 11) is 3.11. The van der Waals surface area contributed by atoms with Gasteiger partial charge < -0.3 is 19.5 Å². The Balaban J connectivity index is 1.71. The molecule has 0 unspecified atom stereocenters. The van der Waals surface area contributed by atoms with Crippen LogP contribution in [0.3, 0.4) is 0 Å². The largest absolute Gasteiger partial charge is 0.496 e. The van der Waals surface area contributed by atoms with Gasteiger partial charge in [-0.15, -0.1) is 5.10 Å². The summed E-state index contributed by atoms with van der Waals surface area (Å²) in [6.45, 7) is 0.208. The number of aldehydes is 1. The Morgan fingerprint density at radius 1 is 1.07 bits per heavy atom. The topological polar surface area (TPSA) is 98.6 Å². The molecule has 1 amide bonds. The third-order valence-corrected chi connectivity index (χ3v) is 4.82. The Kier molecular flexibility index (Phi) is 6.85. The number of hydrogen-bond acceptors (Lipinski definition) is 8. The fourth-order valence-electron chi connectivity index (χ4n) is 2.55. The van der Waals surface area contributed by atoms with Gasteiger partial charge in [0.05, 0.1) is 26.2 Å². The Hall–Kier alpha value is -3.33. The molecule has 1 aliphatic rings. The summed E-state index contributed by atoms with van der Waals surface area (Å²) in [5, 5.41) is 11.0. The van der Waals surface area contributed by atoms with Crippen LogP contribution in [0.25, 0.3) is 0 Å². The molecule has 3 rings (SSSR count). The van der Waals surface area contributed by atoms with Crippen LogP contribution in [-0.2, 0) is 11.4 Å². The monoisotopic (exact) mass is 413 g/mol. The van der Waals surface area contributed by atoms with Gasteiger partial charge >= 0.3 is 0 Å². The molecule has 150 valence electrons. The third kappa shape index (κ3) is 5.35. The van der Waals surface area contributed by atoms with Crippen molar-refractivity contribution < 1.29 is 23.8 Å². The van der Waals surface area contributed by atoms with Gasteiger partial charge in [-0.25, -0.2) is 0 Å². The number of nitrogens with one attached hydrogen (secondary N) is 1. The average molecular weight is 413 g/mol. The second-order valence-corrected chi connectivity index (χ2v) is 6.84. The zero-order valence-corrected chi connectivity index (χ0v) is 16.7. The Bertz CT molecular complexity index is 975. The van der Waals surface area contributed by atoms with E-state index in [0.717, 1.165) is 17.4 Å². The predicted molar refractivity (Wildman–Crippen MR) is 111 cm³/mol. The van der Waals surface area contributed by atoms with E-state index >= 15 is 0 Å². The number of amidine groups is 1. The first kappa shape index (κ1) is 20.4. The van der Waals surface area contributed by atoms with Crippen LogP contribution in [0.2, 0.25) is 0 Å². The van der Waals surface area contributed by atoms with Crippen molar-refractivity contribution in [3.63, 3.8) is 0 Å². The van der Waals surface area contributed by atoms with Gasteiger partial charge in [-0.05, 0) is 42.0 Å². The van der Waals surface area contributed by atoms with Crippen LogP contribution in [-0.4, -0.2) is 43.5 Å². The Morgan fingerprint density at radius 2 is 1.83 bits per heavy atom. The number of thioether (sulfide) groups is 1. The summed E-state index contributed by atoms with van der Waals surface area (Å²) in [6, 6.07) is 10.5. The number of rotatable bonds is 8. The number of ether oxygens (including phenoxy) is 3. The SMILES string of the molecule is COc1ccc(C=O)cc1COc1ccc(C=NN=C2NC(=O)CS2)cc1OC. The van der Waals surface area contributed by atoms with Gasteiger partial charge in [-0.2, -0.15) is 5.10 Å². The van der Waals surface area contributed by atoms with Crippen molar-refractivity contribution in [1.82, 2.24) is 5.32 Å². The number of methoxy groups -OCH3 is 2. The lowest BCUT2D eigenvalue weighted by Gasteiger charge is -2.13. The van der Waals surface area contributed by atoms with Crippen molar-refractivity contribution in [2.24, 2.45) is 10.2 Å². The summed E-state index contributed by atoms with van der Waals surface area (Å²) in [6.07, 6.45) is 2.33. The fourth-order valence-corrected chi connectivity index (χ4v) is 3.18. The summed E-state index contributed by atoms with van der Waals surface area (Å²) in [5.41, 5.74) is 2.05. The molecule has 1 heterocycles. The van der Waals surface area contributed by atoms with Crippen LogP contribution in [0.1, 0.15) is 21.5 Å². The molecule has 1 N–H and O–H groups in total. The molecule has 0 aliphatic carbocycles. The van der Waals surface area contributed by atoms with Gasteiger partial charge in [0.1, 0.15) is 18.6 Å². The first-order chi connectivity index (χ1) is 14.1. The summed E-state index contributed by atoms with van der Waals surface area (Å²) in [5.74, 6) is 1.97. The van der Waals surface area contributed by atoms with E-state index in [1.807, 2.05) is 0 Å². The first-order valence-electron chi connectivity index (χ1n) is 8.59. The summed E-state index contributed by atoms with van der Waals surface area (Å²) < 4.78 is 16.6. The van der Waals surface area contributed by atoms with Crippen molar-refractivity contribution >= 4 is 35.3 Å². The van der Waals surface area contributed by atoms with E-state index < -0.39 is 0 Å². The fraction of sp³-hybridized carbons (Fsp3) is 0.200. The maximum atomic E-state index is 11.1. The quantitative estimate of drug-likeness (QED) is 0.406. The summed E-state index contributed by atoms with van der Waals surface area (Å²) >= 11 is 1.30. The minimum atomic E-state index is -0.0811. The van der Waals surface area contributed by atoms with E-state index in [0.29, 0.717) is 33.7 Å². The molecule has 0 saturated carbocycles. The molecule has 0 spiro atoms. The van der Waals surface area contributed by atoms with Gasteiger partial charge in [0.2, 0.25) is 5.91 Å². The van der Waals surface area contributed by atoms with Crippen molar-refractivity contribution in [2.45, 2.75) is 6.61 Å². The predicted octanol–water partition coefficient (Wildman–Crippen LogP) is 2.65. The molecular formula is C20H19N3O5S. The standard InChI is InChI=1S/C20H19N3O5S/c1-26-16-5-4-14(10-24)7-15(16)11-28-17-6-3-13(8-18(17)27-2)9-21-23-20-22-19(25)12-29-20/h3-10H,11-12H2,1-2H3,(H,22,23,25). The van der Waals surface area contributed by atoms with Gasteiger partial charge in [0, 0.05) is 11.1 Å². The lowest BCUT2D eigenvalue weighted by molar-refractivity contribution is -0.116. The molecule has 0 radical (unpaired) electrons. The van der Waals surface area contributed by atoms with Crippen LogP contribution in [0.15, 0.2) is 46.6 Å². The highest BCUT2D eigenvalue weighted by molar-refractivity contribution is 8.15. The van der Waals surface area contributed by atoms with Crippen molar-refractivity contribution in [2.75, 3.05) is 20.0 Å². The van der Waals surface area contributed by atoms with Crippen molar-refractivity contribution in [1.29, 1.82) is 0 Å². The molecule has 29 heavy (non-hydrogen) atoms. The van der Waals surface area contributed by atoms with Crippen LogP contribution in [0.5, 0.6) is 17.2 Å². The van der Waals surface area contributed by atoms with E-state index in [-0.39, 0.29) is 12.5 Å². The lowest BCUT2D eigenvalue weighted by Crippen LogP contribution is -2.19. The molecule has 1 aliphatic heterocycles. The van der Waals surface area contributed by atoms with Crippen LogP contribution >= 0.6 is 11.8 Å². The van der Waals surface area contributed by atoms with Crippen molar-refractivity contribution in [3.05, 3.63) is 53.1 Å². The second-order valence-electron chi connectivity index (χ2n) is 5.87. The minimum absolute atomic E-state index is 0.0811. The molecule has 1 saturated heterocycles. The highest BCUT2D eigenvalue weighted by Crippen LogP contribution is 2.30. The lowest BCUT2D eigenvalue weighted by atomic mass is 10.1. The number of amides is 1. The van der Waals surface area contributed by atoms with Gasteiger partial charge in [-0.3, -0.25) is 9.59 Å². The second kappa shape index (κ2) is 9.74. The number of nitrogens with zero attached hydrogens (tertiary/aromatic N) is 2. The van der Waals surface area contributed by atoms with E-state index in [2.05, 4.69) is 15.5 Å². The Labute approximate surface area is 171 Å². The van der Waals surface area contributed by atoms with E-state index in [4.69, 9.17) is 14.2 Å². The first-order valence-corrected chi connectivity index (χ1v) is 9.58. The van der Waals surface area contributed by atoms with Crippen molar-refractivity contribution in [3.8, 4) is 17.2 Å². The van der Waals surface area contributed by atoms with Crippen LogP contribution < -0.4 is 19.5 Å². The molecule has 0 atom stereocenters. The van der Waals surface area contributed by atoms with Gasteiger partial charge in [0.15, 0.2) is 16.7 Å². The van der Waals surface area contributed by atoms with E-state index in [9.17, 15) is 9.59 Å². The average Bonchev–Trinajstić information content (AvgIpc) is 3.17. The number of carbonyl (C=O) groups is 2. The molecule has 8 nitrogen and oxygen atoms in total. The minimum Gasteiger partial charge on any atom is -0.496 e. The molecule has 9 heteroatoms. The highest BCUT2D eigenvalue weighted by atomic mass is 32.2. The third-order valence-electron chi connectivity index (χ3n) is 3.95. The smallest absolute Gasteiger partial charge is 0.236 e. The maximum Gasteiger partial charge on any atom is 0.236 e. The van der Waals surface area contributed by atoms with Gasteiger partial charge in [0.25, 0.3) is 0 Å². The maximum absolute atomic E-state index is 11.1. The Morgan fingerprint density at radius 3 is 2.52 bits per heavy atom. The zero-order valence-electron chi connectivity index (χ0n) is 15.9. The van der Waals surface area contributed by atoms with Gasteiger partial charge in [-0.1, -0.05) is 11.8 Å². The van der Waals surface area contributed by atoms with E-state index in [1.165, 1.54) is 11.8 Å². The molecule has 0 bridgehead atoms. The summed E-state index contributed by atoms with van der Waals surface area (Å²) in [4.78, 5) is 22.1. The molecule has 2 aromatic carbocycles. The highest BCUT2D eigenvalue weighted by Gasteiger charge is 2.16. The van der Waals surface area contributed by atoms with E-state index in [1.54, 1.807) is 56.8 Å². The molecule has 0 aromatic heterocycles. The number of hydrogen-bond donors (Lipinski definition) is 1. The normalized spacial score (nSPS) is 14.8. The zero-order chi connectivity index (χ0) is 20.6. The molecule has 2 aromatic rings. The van der Waals surface area contributed by atoms with Crippen LogP contribution in [0, 0.1) is 0 Å². The molecule has 1 fully saturated rings. The number of carbonyl (C=O) groups excluding carboxylic acids is 2. The number of benzene rings is 2.